The summed E-state index contributed by atoms with van der Waals surface area (Å²) in [6.45, 7) is 13.1. The van der Waals surface area contributed by atoms with Gasteiger partial charge in [-0.05, 0) is 33.1 Å². The van der Waals surface area contributed by atoms with Crippen LogP contribution in [0.15, 0.2) is 0 Å². The molecule has 0 spiro atoms. The Morgan fingerprint density at radius 1 is 1.05 bits per heavy atom. The number of unbranched alkanes of at least 4 members (excludes halogenated alkanes) is 3. The van der Waals surface area contributed by atoms with Crippen molar-refractivity contribution in [2.45, 2.75) is 85.7 Å². The number of carbonyl (C=O) groups is 2. The first kappa shape index (κ1) is 20.9. The average Bonchev–Trinajstić information content (AvgIpc) is 2.37. The largest absolute Gasteiger partial charge is 0.460 e. The Morgan fingerprint density at radius 3 is 2.18 bits per heavy atom. The van der Waals surface area contributed by atoms with Crippen LogP contribution in [0.3, 0.4) is 0 Å². The van der Waals surface area contributed by atoms with Crippen LogP contribution < -0.4 is 0 Å². The van der Waals surface area contributed by atoms with E-state index in [1.807, 2.05) is 25.7 Å². The van der Waals surface area contributed by atoms with Gasteiger partial charge in [-0.15, -0.1) is 0 Å². The maximum absolute atomic E-state index is 12.3. The van der Waals surface area contributed by atoms with E-state index in [-0.39, 0.29) is 18.3 Å². The fraction of sp³-hybridized carbons (Fsp3) is 0.889. The Kier molecular flexibility index (Phi) is 10.1. The van der Waals surface area contributed by atoms with E-state index in [1.54, 1.807) is 0 Å². The molecule has 0 aromatic heterocycles. The molecule has 4 nitrogen and oxygen atoms in total. The van der Waals surface area contributed by atoms with Gasteiger partial charge < -0.3 is 9.64 Å². The van der Waals surface area contributed by atoms with E-state index >= 15 is 0 Å². The van der Waals surface area contributed by atoms with Gasteiger partial charge >= 0.3 is 5.97 Å². The topological polar surface area (TPSA) is 46.6 Å². The molecule has 0 fully saturated rings. The van der Waals surface area contributed by atoms with Gasteiger partial charge in [-0.3, -0.25) is 9.59 Å². The van der Waals surface area contributed by atoms with Gasteiger partial charge in [0.2, 0.25) is 5.91 Å². The Bertz CT molecular complexity index is 332. The minimum absolute atomic E-state index is 0.161. The Balaban J connectivity index is 4.33. The summed E-state index contributed by atoms with van der Waals surface area (Å²) in [6, 6.07) is 0. The van der Waals surface area contributed by atoms with Gasteiger partial charge in [-0.25, -0.2) is 0 Å². The molecule has 0 aliphatic carbocycles. The highest BCUT2D eigenvalue weighted by Crippen LogP contribution is 2.11. The molecule has 4 heteroatoms. The molecular weight excluding hydrogens is 278 g/mol. The van der Waals surface area contributed by atoms with E-state index in [2.05, 4.69) is 20.8 Å². The summed E-state index contributed by atoms with van der Waals surface area (Å²) >= 11 is 0. The first-order valence-corrected chi connectivity index (χ1v) is 8.65. The van der Waals surface area contributed by atoms with Crippen LogP contribution in [-0.2, 0) is 14.3 Å². The smallest absolute Gasteiger partial charge is 0.308 e. The molecular formula is C18H35NO3. The van der Waals surface area contributed by atoms with Gasteiger partial charge in [0.25, 0.3) is 0 Å². The number of esters is 1. The molecule has 0 aliphatic rings. The predicted octanol–water partition coefficient (Wildman–Crippen LogP) is 4.17. The molecule has 0 atom stereocenters. The highest BCUT2D eigenvalue weighted by atomic mass is 16.6. The summed E-state index contributed by atoms with van der Waals surface area (Å²) in [5.74, 6) is 0.326. The van der Waals surface area contributed by atoms with Gasteiger partial charge in [-0.2, -0.15) is 0 Å². The van der Waals surface area contributed by atoms with E-state index in [1.165, 1.54) is 12.8 Å². The van der Waals surface area contributed by atoms with Crippen LogP contribution in [0, 0.1) is 5.92 Å². The lowest BCUT2D eigenvalue weighted by Crippen LogP contribution is -2.36. The molecule has 0 saturated heterocycles. The lowest BCUT2D eigenvalue weighted by molar-refractivity contribution is -0.155. The van der Waals surface area contributed by atoms with Gasteiger partial charge in [-0.1, -0.05) is 40.0 Å². The third kappa shape index (κ3) is 11.6. The third-order valence-corrected chi connectivity index (χ3v) is 3.19. The van der Waals surface area contributed by atoms with Crippen molar-refractivity contribution in [3.05, 3.63) is 0 Å². The van der Waals surface area contributed by atoms with E-state index in [0.29, 0.717) is 25.4 Å². The lowest BCUT2D eigenvalue weighted by atomic mass is 10.1. The first-order chi connectivity index (χ1) is 10.2. The predicted molar refractivity (Wildman–Crippen MR) is 90.6 cm³/mol. The normalized spacial score (nSPS) is 11.6. The van der Waals surface area contributed by atoms with E-state index in [9.17, 15) is 9.59 Å². The summed E-state index contributed by atoms with van der Waals surface area (Å²) in [7, 11) is 0. The Labute approximate surface area is 136 Å². The van der Waals surface area contributed by atoms with Crippen molar-refractivity contribution in [2.75, 3.05) is 13.1 Å². The monoisotopic (exact) mass is 313 g/mol. The minimum atomic E-state index is -0.468. The summed E-state index contributed by atoms with van der Waals surface area (Å²) < 4.78 is 5.31. The summed E-state index contributed by atoms with van der Waals surface area (Å²) in [5, 5.41) is 0. The van der Waals surface area contributed by atoms with Crippen LogP contribution in [0.25, 0.3) is 0 Å². The number of rotatable bonds is 10. The second kappa shape index (κ2) is 10.6. The number of carbonyl (C=O) groups excluding carboxylic acids is 2. The van der Waals surface area contributed by atoms with E-state index in [0.717, 1.165) is 12.8 Å². The van der Waals surface area contributed by atoms with Crippen molar-refractivity contribution in [1.29, 1.82) is 0 Å². The number of nitrogens with zero attached hydrogens (tertiary/aromatic N) is 1. The van der Waals surface area contributed by atoms with Gasteiger partial charge in [0, 0.05) is 19.5 Å². The van der Waals surface area contributed by atoms with Crippen molar-refractivity contribution in [3.8, 4) is 0 Å². The Hall–Kier alpha value is -1.06. The number of ether oxygens (including phenoxy) is 1. The van der Waals surface area contributed by atoms with E-state index in [4.69, 9.17) is 4.74 Å². The van der Waals surface area contributed by atoms with Crippen molar-refractivity contribution >= 4 is 11.9 Å². The fourth-order valence-electron chi connectivity index (χ4n) is 2.24. The van der Waals surface area contributed by atoms with Gasteiger partial charge in [0.15, 0.2) is 0 Å². The maximum atomic E-state index is 12.3. The first-order valence-electron chi connectivity index (χ1n) is 8.65. The van der Waals surface area contributed by atoms with Crippen LogP contribution in [0.1, 0.15) is 80.1 Å². The van der Waals surface area contributed by atoms with Crippen LogP contribution in [0.2, 0.25) is 0 Å². The molecule has 0 heterocycles. The second-order valence-corrected chi connectivity index (χ2v) is 7.38. The SMILES string of the molecule is CCCCCCC(=O)N(CCC(=O)OC(C)(C)C)CC(C)C. The van der Waals surface area contributed by atoms with Gasteiger partial charge in [0.05, 0.1) is 6.42 Å². The molecule has 0 radical (unpaired) electrons. The number of hydrogen-bond acceptors (Lipinski definition) is 3. The number of hydrogen-bond donors (Lipinski definition) is 0. The molecule has 22 heavy (non-hydrogen) atoms. The van der Waals surface area contributed by atoms with Crippen LogP contribution in [0.5, 0.6) is 0 Å². The molecule has 130 valence electrons. The second-order valence-electron chi connectivity index (χ2n) is 7.38. The number of amides is 1. The molecule has 0 aromatic rings. The molecule has 0 aliphatic heterocycles. The maximum Gasteiger partial charge on any atom is 0.308 e. The standard InChI is InChI=1S/C18H35NO3/c1-7-8-9-10-11-16(20)19(14-15(2)3)13-12-17(21)22-18(4,5)6/h15H,7-14H2,1-6H3. The van der Waals surface area contributed by atoms with Crippen LogP contribution >= 0.6 is 0 Å². The summed E-state index contributed by atoms with van der Waals surface area (Å²) in [6.07, 6.45) is 5.24. The lowest BCUT2D eigenvalue weighted by Gasteiger charge is -2.25. The highest BCUT2D eigenvalue weighted by Gasteiger charge is 2.19. The quantitative estimate of drug-likeness (QED) is 0.449. The fourth-order valence-corrected chi connectivity index (χ4v) is 2.24. The Morgan fingerprint density at radius 2 is 1.68 bits per heavy atom. The zero-order valence-corrected chi connectivity index (χ0v) is 15.4. The zero-order valence-electron chi connectivity index (χ0n) is 15.4. The minimum Gasteiger partial charge on any atom is -0.460 e. The molecule has 0 rings (SSSR count). The molecule has 0 unspecified atom stereocenters. The molecule has 0 N–H and O–H groups in total. The summed E-state index contributed by atoms with van der Waals surface area (Å²) in [4.78, 5) is 25.9. The van der Waals surface area contributed by atoms with Crippen molar-refractivity contribution in [1.82, 2.24) is 4.90 Å². The molecule has 1 amide bonds. The highest BCUT2D eigenvalue weighted by molar-refractivity contribution is 5.77. The summed E-state index contributed by atoms with van der Waals surface area (Å²) in [5.41, 5.74) is -0.468. The third-order valence-electron chi connectivity index (χ3n) is 3.19. The van der Waals surface area contributed by atoms with Crippen molar-refractivity contribution in [3.63, 3.8) is 0 Å². The van der Waals surface area contributed by atoms with E-state index < -0.39 is 5.60 Å². The van der Waals surface area contributed by atoms with Crippen molar-refractivity contribution in [2.24, 2.45) is 5.92 Å². The molecule has 0 bridgehead atoms. The zero-order chi connectivity index (χ0) is 17.2. The van der Waals surface area contributed by atoms with Crippen molar-refractivity contribution < 1.29 is 14.3 Å². The molecule has 0 saturated carbocycles. The van der Waals surface area contributed by atoms with Gasteiger partial charge in [0.1, 0.15) is 5.60 Å². The van der Waals surface area contributed by atoms with Crippen LogP contribution in [0.4, 0.5) is 0 Å². The average molecular weight is 313 g/mol. The van der Waals surface area contributed by atoms with Crippen LogP contribution in [-0.4, -0.2) is 35.5 Å². The molecule has 0 aromatic carbocycles.